The van der Waals surface area contributed by atoms with E-state index in [4.69, 9.17) is 21.7 Å². The molecule has 0 radical (unpaired) electrons. The largest absolute Gasteiger partial charge is 0.496 e. The summed E-state index contributed by atoms with van der Waals surface area (Å²) in [5, 5.41) is 3.43. The standard InChI is InChI=1S/C30H32N2O3S/c1-19-8-7-9-23(14-19)32-28(33)25(31-29(32)36)17-21-11-13-26(34-6)22(16-21)18-35-27-15-20(2)10-12-24(27)30(3,4)5/h7-17H,18H2,1-6H3,(H,31,36)/b25-17+. The summed E-state index contributed by atoms with van der Waals surface area (Å²) in [7, 11) is 1.64. The van der Waals surface area contributed by atoms with Crippen molar-refractivity contribution < 1.29 is 14.3 Å². The van der Waals surface area contributed by atoms with E-state index in [1.807, 2.05) is 49.4 Å². The molecule has 3 aromatic carbocycles. The Morgan fingerprint density at radius 3 is 2.42 bits per heavy atom. The fourth-order valence-electron chi connectivity index (χ4n) is 4.23. The van der Waals surface area contributed by atoms with Crippen LogP contribution in [-0.2, 0) is 16.8 Å². The first-order chi connectivity index (χ1) is 17.1. The van der Waals surface area contributed by atoms with Gasteiger partial charge in [0.2, 0.25) is 0 Å². The Morgan fingerprint density at radius 1 is 0.972 bits per heavy atom. The Labute approximate surface area is 218 Å². The van der Waals surface area contributed by atoms with E-state index in [0.717, 1.165) is 45.0 Å². The second kappa shape index (κ2) is 10.2. The van der Waals surface area contributed by atoms with Crippen LogP contribution in [0.15, 0.2) is 66.4 Å². The van der Waals surface area contributed by atoms with Crippen molar-refractivity contribution in [3.05, 3.63) is 94.2 Å². The zero-order valence-electron chi connectivity index (χ0n) is 21.6. The fourth-order valence-corrected chi connectivity index (χ4v) is 4.53. The van der Waals surface area contributed by atoms with E-state index in [1.165, 1.54) is 4.90 Å². The fraction of sp³-hybridized carbons (Fsp3) is 0.267. The summed E-state index contributed by atoms with van der Waals surface area (Å²) in [6.45, 7) is 10.9. The van der Waals surface area contributed by atoms with Gasteiger partial charge in [-0.1, -0.05) is 51.1 Å². The number of anilines is 1. The number of carbonyl (C=O) groups excluding carboxylic acids is 1. The molecule has 3 aromatic rings. The molecule has 1 amide bonds. The monoisotopic (exact) mass is 500 g/mol. The van der Waals surface area contributed by atoms with Gasteiger partial charge in [-0.15, -0.1) is 0 Å². The molecule has 0 unspecified atom stereocenters. The molecule has 1 saturated heterocycles. The summed E-state index contributed by atoms with van der Waals surface area (Å²) in [5.41, 5.74) is 6.21. The van der Waals surface area contributed by atoms with Gasteiger partial charge in [-0.25, -0.2) is 0 Å². The highest BCUT2D eigenvalue weighted by Gasteiger charge is 2.32. The highest BCUT2D eigenvalue weighted by molar-refractivity contribution is 7.80. The zero-order valence-corrected chi connectivity index (χ0v) is 22.5. The summed E-state index contributed by atoms with van der Waals surface area (Å²) in [6, 6.07) is 19.8. The molecule has 36 heavy (non-hydrogen) atoms. The first-order valence-corrected chi connectivity index (χ1v) is 12.3. The first kappa shape index (κ1) is 25.5. The lowest BCUT2D eigenvalue weighted by atomic mass is 9.86. The van der Waals surface area contributed by atoms with Crippen molar-refractivity contribution in [3.63, 3.8) is 0 Å². The zero-order chi connectivity index (χ0) is 26.0. The van der Waals surface area contributed by atoms with E-state index < -0.39 is 0 Å². The third-order valence-electron chi connectivity index (χ3n) is 6.08. The van der Waals surface area contributed by atoms with Gasteiger partial charge in [0.25, 0.3) is 5.91 Å². The highest BCUT2D eigenvalue weighted by Crippen LogP contribution is 2.33. The minimum Gasteiger partial charge on any atom is -0.496 e. The minimum atomic E-state index is -0.186. The molecule has 6 heteroatoms. The van der Waals surface area contributed by atoms with Gasteiger partial charge >= 0.3 is 0 Å². The van der Waals surface area contributed by atoms with Crippen molar-refractivity contribution in [1.82, 2.24) is 5.32 Å². The van der Waals surface area contributed by atoms with Crippen molar-refractivity contribution in [2.24, 2.45) is 0 Å². The number of nitrogens with one attached hydrogen (secondary N) is 1. The number of thiocarbonyl (C=S) groups is 1. The molecular weight excluding hydrogens is 468 g/mol. The Bertz CT molecular complexity index is 1350. The second-order valence-electron chi connectivity index (χ2n) is 10.1. The third kappa shape index (κ3) is 5.44. The number of carbonyl (C=O) groups is 1. The van der Waals surface area contributed by atoms with E-state index in [0.29, 0.717) is 17.4 Å². The Kier molecular flexibility index (Phi) is 7.18. The van der Waals surface area contributed by atoms with Crippen LogP contribution in [0.5, 0.6) is 11.5 Å². The average molecular weight is 501 g/mol. The van der Waals surface area contributed by atoms with Gasteiger partial charge in [0.05, 0.1) is 12.8 Å². The molecule has 0 aromatic heterocycles. The van der Waals surface area contributed by atoms with Gasteiger partial charge in [0, 0.05) is 5.56 Å². The molecule has 1 heterocycles. The number of hydrogen-bond donors (Lipinski definition) is 1. The molecule has 0 saturated carbocycles. The van der Waals surface area contributed by atoms with Gasteiger partial charge in [0.1, 0.15) is 23.8 Å². The van der Waals surface area contributed by atoms with E-state index in [1.54, 1.807) is 13.2 Å². The number of methoxy groups -OCH3 is 1. The SMILES string of the molecule is COc1ccc(/C=C2/NC(=S)N(c3cccc(C)c3)C2=O)cc1COc1cc(C)ccc1C(C)(C)C. The van der Waals surface area contributed by atoms with Crippen molar-refractivity contribution in [3.8, 4) is 11.5 Å². The maximum absolute atomic E-state index is 13.2. The molecular formula is C30H32N2O3S. The molecule has 1 fully saturated rings. The Balaban J connectivity index is 1.60. The summed E-state index contributed by atoms with van der Waals surface area (Å²) >= 11 is 5.46. The number of amides is 1. The Hall–Kier alpha value is -3.64. The lowest BCUT2D eigenvalue weighted by Gasteiger charge is -2.23. The average Bonchev–Trinajstić information content (AvgIpc) is 3.09. The van der Waals surface area contributed by atoms with Crippen molar-refractivity contribution in [1.29, 1.82) is 0 Å². The lowest BCUT2D eigenvalue weighted by Crippen LogP contribution is -2.30. The lowest BCUT2D eigenvalue weighted by molar-refractivity contribution is -0.113. The number of aryl methyl sites for hydroxylation is 2. The topological polar surface area (TPSA) is 50.8 Å². The molecule has 0 bridgehead atoms. The Morgan fingerprint density at radius 2 is 1.72 bits per heavy atom. The summed E-state index contributed by atoms with van der Waals surface area (Å²) in [4.78, 5) is 14.7. The van der Waals surface area contributed by atoms with Gasteiger partial charge in [-0.05, 0) is 90.1 Å². The third-order valence-corrected chi connectivity index (χ3v) is 6.37. The molecule has 1 N–H and O–H groups in total. The molecule has 0 atom stereocenters. The van der Waals surface area contributed by atoms with Crippen LogP contribution in [0, 0.1) is 13.8 Å². The molecule has 0 spiro atoms. The number of hydrogen-bond acceptors (Lipinski definition) is 4. The number of benzene rings is 3. The van der Waals surface area contributed by atoms with Gasteiger partial charge in [-0.2, -0.15) is 0 Å². The van der Waals surface area contributed by atoms with E-state index in [2.05, 4.69) is 51.2 Å². The number of nitrogens with zero attached hydrogens (tertiary/aromatic N) is 1. The molecule has 1 aliphatic rings. The summed E-state index contributed by atoms with van der Waals surface area (Å²) < 4.78 is 11.9. The van der Waals surface area contributed by atoms with Crippen molar-refractivity contribution in [2.45, 2.75) is 46.6 Å². The predicted octanol–water partition coefficient (Wildman–Crippen LogP) is 6.45. The summed E-state index contributed by atoms with van der Waals surface area (Å²) in [5.74, 6) is 1.40. The van der Waals surface area contributed by atoms with Crippen LogP contribution in [0.25, 0.3) is 6.08 Å². The number of rotatable bonds is 6. The van der Waals surface area contributed by atoms with Crippen LogP contribution in [0.4, 0.5) is 5.69 Å². The van der Waals surface area contributed by atoms with E-state index >= 15 is 0 Å². The van der Waals surface area contributed by atoms with E-state index in [-0.39, 0.29) is 11.3 Å². The quantitative estimate of drug-likeness (QED) is 0.311. The van der Waals surface area contributed by atoms with Gasteiger partial charge < -0.3 is 14.8 Å². The molecule has 0 aliphatic carbocycles. The highest BCUT2D eigenvalue weighted by atomic mass is 32.1. The van der Waals surface area contributed by atoms with Crippen LogP contribution in [0.1, 0.15) is 48.6 Å². The van der Waals surface area contributed by atoms with Crippen LogP contribution in [0.2, 0.25) is 0 Å². The van der Waals surface area contributed by atoms with Crippen molar-refractivity contribution >= 4 is 35.0 Å². The van der Waals surface area contributed by atoms with E-state index in [9.17, 15) is 4.79 Å². The van der Waals surface area contributed by atoms with Crippen LogP contribution in [0.3, 0.4) is 0 Å². The predicted molar refractivity (Wildman–Crippen MR) is 150 cm³/mol. The normalized spacial score (nSPS) is 14.8. The summed E-state index contributed by atoms with van der Waals surface area (Å²) in [6.07, 6.45) is 1.81. The van der Waals surface area contributed by atoms with Crippen molar-refractivity contribution in [2.75, 3.05) is 12.0 Å². The maximum Gasteiger partial charge on any atom is 0.281 e. The number of ether oxygens (including phenoxy) is 2. The molecule has 4 rings (SSSR count). The van der Waals surface area contributed by atoms with Crippen LogP contribution < -0.4 is 19.7 Å². The molecule has 186 valence electrons. The van der Waals surface area contributed by atoms with Crippen LogP contribution >= 0.6 is 12.2 Å². The molecule has 1 aliphatic heterocycles. The van der Waals surface area contributed by atoms with Gasteiger partial charge in [0.15, 0.2) is 5.11 Å². The minimum absolute atomic E-state index is 0.0462. The second-order valence-corrected chi connectivity index (χ2v) is 10.5. The van der Waals surface area contributed by atoms with Gasteiger partial charge in [-0.3, -0.25) is 9.69 Å². The first-order valence-electron chi connectivity index (χ1n) is 11.9. The molecule has 5 nitrogen and oxygen atoms in total. The maximum atomic E-state index is 13.2. The van der Waals surface area contributed by atoms with Crippen LogP contribution in [-0.4, -0.2) is 18.1 Å². The smallest absolute Gasteiger partial charge is 0.281 e.